The van der Waals surface area contributed by atoms with Crippen LogP contribution in [0.4, 0.5) is 5.69 Å². The Kier molecular flexibility index (Phi) is 4.00. The van der Waals surface area contributed by atoms with Gasteiger partial charge in [0.05, 0.1) is 6.07 Å². The van der Waals surface area contributed by atoms with E-state index in [1.54, 1.807) is 0 Å². The topological polar surface area (TPSA) is 27.0 Å². The van der Waals surface area contributed by atoms with Crippen LogP contribution in [0.5, 0.6) is 0 Å². The van der Waals surface area contributed by atoms with Gasteiger partial charge in [0, 0.05) is 12.2 Å². The highest BCUT2D eigenvalue weighted by Gasteiger charge is 2.11. The number of anilines is 1. The van der Waals surface area contributed by atoms with Gasteiger partial charge in [-0.2, -0.15) is 5.26 Å². The molecule has 74 valence electrons. The molecule has 0 aromatic heterocycles. The molecule has 0 bridgehead atoms. The van der Waals surface area contributed by atoms with Gasteiger partial charge in [-0.1, -0.05) is 25.1 Å². The molecule has 1 unspecified atom stereocenters. The van der Waals surface area contributed by atoms with E-state index >= 15 is 0 Å². The lowest BCUT2D eigenvalue weighted by molar-refractivity contribution is 0.722. The second kappa shape index (κ2) is 5.29. The highest BCUT2D eigenvalue weighted by atomic mass is 15.1. The molecule has 0 radical (unpaired) electrons. The molecule has 0 aliphatic heterocycles. The van der Waals surface area contributed by atoms with Crippen molar-refractivity contribution in [2.75, 3.05) is 11.4 Å². The molecule has 1 rings (SSSR count). The zero-order valence-electron chi connectivity index (χ0n) is 8.77. The van der Waals surface area contributed by atoms with E-state index in [1.807, 2.05) is 37.3 Å². The van der Waals surface area contributed by atoms with Crippen LogP contribution in [0.15, 0.2) is 30.3 Å². The van der Waals surface area contributed by atoms with Gasteiger partial charge in [-0.25, -0.2) is 0 Å². The molecule has 0 heterocycles. The number of nitriles is 1. The highest BCUT2D eigenvalue weighted by Crippen LogP contribution is 2.16. The summed E-state index contributed by atoms with van der Waals surface area (Å²) in [6.45, 7) is 4.99. The molecular weight excluding hydrogens is 172 g/mol. The van der Waals surface area contributed by atoms with Gasteiger partial charge < -0.3 is 4.90 Å². The minimum absolute atomic E-state index is 0.0580. The van der Waals surface area contributed by atoms with Crippen molar-refractivity contribution >= 4 is 5.69 Å². The van der Waals surface area contributed by atoms with Crippen molar-refractivity contribution in [2.24, 2.45) is 0 Å². The zero-order chi connectivity index (χ0) is 10.4. The van der Waals surface area contributed by atoms with E-state index in [0.717, 1.165) is 18.7 Å². The zero-order valence-corrected chi connectivity index (χ0v) is 8.77. The maximum Gasteiger partial charge on any atom is 0.114 e. The van der Waals surface area contributed by atoms with Crippen LogP contribution in [-0.4, -0.2) is 12.6 Å². The van der Waals surface area contributed by atoms with Gasteiger partial charge in [0.25, 0.3) is 0 Å². The van der Waals surface area contributed by atoms with Gasteiger partial charge in [0.2, 0.25) is 0 Å². The van der Waals surface area contributed by atoms with Crippen molar-refractivity contribution in [3.8, 4) is 6.07 Å². The molecule has 14 heavy (non-hydrogen) atoms. The Balaban J connectivity index is 2.84. The molecule has 1 atom stereocenters. The molecule has 2 nitrogen and oxygen atoms in total. The Morgan fingerprint density at radius 2 is 2.00 bits per heavy atom. The van der Waals surface area contributed by atoms with Crippen LogP contribution < -0.4 is 4.90 Å². The van der Waals surface area contributed by atoms with Gasteiger partial charge in [-0.15, -0.1) is 0 Å². The van der Waals surface area contributed by atoms with Crippen LogP contribution in [0.25, 0.3) is 0 Å². The van der Waals surface area contributed by atoms with Crippen LogP contribution in [0.1, 0.15) is 20.3 Å². The Hall–Kier alpha value is -1.49. The molecule has 0 aliphatic carbocycles. The quantitative estimate of drug-likeness (QED) is 0.726. The van der Waals surface area contributed by atoms with Crippen LogP contribution in [0.3, 0.4) is 0 Å². The maximum atomic E-state index is 8.90. The summed E-state index contributed by atoms with van der Waals surface area (Å²) in [6, 6.07) is 12.3. The summed E-state index contributed by atoms with van der Waals surface area (Å²) in [7, 11) is 0. The van der Waals surface area contributed by atoms with Crippen LogP contribution in [-0.2, 0) is 0 Å². The number of hydrogen-bond acceptors (Lipinski definition) is 2. The van der Waals surface area contributed by atoms with Gasteiger partial charge in [-0.05, 0) is 25.5 Å². The monoisotopic (exact) mass is 188 g/mol. The normalized spacial score (nSPS) is 11.8. The predicted molar refractivity (Wildman–Crippen MR) is 59.2 cm³/mol. The largest absolute Gasteiger partial charge is 0.356 e. The molecule has 1 aromatic carbocycles. The summed E-state index contributed by atoms with van der Waals surface area (Å²) in [5.74, 6) is 0. The number of rotatable bonds is 4. The fraction of sp³-hybridized carbons (Fsp3) is 0.417. The lowest BCUT2D eigenvalue weighted by Crippen LogP contribution is -2.32. The first-order valence-electron chi connectivity index (χ1n) is 5.01. The van der Waals surface area contributed by atoms with Gasteiger partial charge >= 0.3 is 0 Å². The second-order valence-corrected chi connectivity index (χ2v) is 3.33. The number of nitrogens with zero attached hydrogens (tertiary/aromatic N) is 2. The fourth-order valence-corrected chi connectivity index (χ4v) is 1.48. The van der Waals surface area contributed by atoms with E-state index in [9.17, 15) is 0 Å². The number of hydrogen-bond donors (Lipinski definition) is 0. The Labute approximate surface area is 85.8 Å². The first-order valence-corrected chi connectivity index (χ1v) is 5.01. The SMILES string of the molecule is CCCN(c1ccccc1)C(C)C#N. The van der Waals surface area contributed by atoms with E-state index < -0.39 is 0 Å². The van der Waals surface area contributed by atoms with E-state index in [2.05, 4.69) is 17.9 Å². The lowest BCUT2D eigenvalue weighted by Gasteiger charge is -2.26. The summed E-state index contributed by atoms with van der Waals surface area (Å²) >= 11 is 0. The van der Waals surface area contributed by atoms with Crippen molar-refractivity contribution in [1.82, 2.24) is 0 Å². The van der Waals surface area contributed by atoms with Gasteiger partial charge in [0.1, 0.15) is 6.04 Å². The first-order chi connectivity index (χ1) is 6.79. The summed E-state index contributed by atoms with van der Waals surface area (Å²) in [5.41, 5.74) is 1.13. The summed E-state index contributed by atoms with van der Waals surface area (Å²) < 4.78 is 0. The predicted octanol–water partition coefficient (Wildman–Crippen LogP) is 2.82. The van der Waals surface area contributed by atoms with Crippen LogP contribution >= 0.6 is 0 Å². The Morgan fingerprint density at radius 3 is 2.50 bits per heavy atom. The third-order valence-corrected chi connectivity index (χ3v) is 2.21. The number of para-hydroxylation sites is 1. The highest BCUT2D eigenvalue weighted by molar-refractivity contribution is 5.48. The number of benzene rings is 1. The van der Waals surface area contributed by atoms with E-state index in [4.69, 9.17) is 5.26 Å². The van der Waals surface area contributed by atoms with Gasteiger partial charge in [-0.3, -0.25) is 0 Å². The molecule has 0 spiro atoms. The van der Waals surface area contributed by atoms with Gasteiger partial charge in [0.15, 0.2) is 0 Å². The minimum atomic E-state index is -0.0580. The van der Waals surface area contributed by atoms with Crippen molar-refractivity contribution in [3.05, 3.63) is 30.3 Å². The first kappa shape index (κ1) is 10.6. The molecule has 2 heteroatoms. The molecule has 0 saturated carbocycles. The molecule has 0 amide bonds. The maximum absolute atomic E-state index is 8.90. The van der Waals surface area contributed by atoms with Crippen LogP contribution in [0, 0.1) is 11.3 Å². The van der Waals surface area contributed by atoms with Crippen molar-refractivity contribution in [2.45, 2.75) is 26.3 Å². The van der Waals surface area contributed by atoms with Crippen molar-refractivity contribution in [1.29, 1.82) is 5.26 Å². The average Bonchev–Trinajstić information content (AvgIpc) is 2.26. The Bertz CT molecular complexity index is 300. The summed E-state index contributed by atoms with van der Waals surface area (Å²) in [6.07, 6.45) is 1.06. The van der Waals surface area contributed by atoms with E-state index in [0.29, 0.717) is 0 Å². The van der Waals surface area contributed by atoms with E-state index in [1.165, 1.54) is 0 Å². The second-order valence-electron chi connectivity index (χ2n) is 3.33. The van der Waals surface area contributed by atoms with E-state index in [-0.39, 0.29) is 6.04 Å². The molecule has 0 N–H and O–H groups in total. The molecule has 0 aliphatic rings. The standard InChI is InChI=1S/C12H16N2/c1-3-9-14(11(2)10-13)12-7-5-4-6-8-12/h4-8,11H,3,9H2,1-2H3. The lowest BCUT2D eigenvalue weighted by atomic mass is 10.2. The fourth-order valence-electron chi connectivity index (χ4n) is 1.48. The average molecular weight is 188 g/mol. The summed E-state index contributed by atoms with van der Waals surface area (Å²) in [5, 5.41) is 8.90. The molecule has 1 aromatic rings. The molecule has 0 fully saturated rings. The summed E-state index contributed by atoms with van der Waals surface area (Å²) in [4.78, 5) is 2.12. The van der Waals surface area contributed by atoms with Crippen molar-refractivity contribution < 1.29 is 0 Å². The van der Waals surface area contributed by atoms with Crippen molar-refractivity contribution in [3.63, 3.8) is 0 Å². The molecule has 0 saturated heterocycles. The Morgan fingerprint density at radius 1 is 1.36 bits per heavy atom. The molecular formula is C12H16N2. The third kappa shape index (κ3) is 2.50. The third-order valence-electron chi connectivity index (χ3n) is 2.21. The van der Waals surface area contributed by atoms with Crippen LogP contribution in [0.2, 0.25) is 0 Å². The minimum Gasteiger partial charge on any atom is -0.356 e. The smallest absolute Gasteiger partial charge is 0.114 e.